The summed E-state index contributed by atoms with van der Waals surface area (Å²) in [5.74, 6) is -0.186. The van der Waals surface area contributed by atoms with Crippen LogP contribution >= 0.6 is 0 Å². The quantitative estimate of drug-likeness (QED) is 0.494. The van der Waals surface area contributed by atoms with Crippen molar-refractivity contribution in [2.45, 2.75) is 46.4 Å². The second-order valence-corrected chi connectivity index (χ2v) is 7.63. The molecule has 0 aliphatic carbocycles. The molecule has 0 unspecified atom stereocenters. The van der Waals surface area contributed by atoms with Gasteiger partial charge in [-0.1, -0.05) is 20.8 Å². The second-order valence-electron chi connectivity index (χ2n) is 6.21. The van der Waals surface area contributed by atoms with Gasteiger partial charge in [-0.3, -0.25) is 9.35 Å². The number of ether oxygens (including phenoxy) is 1. The predicted octanol–water partition coefficient (Wildman–Crippen LogP) is 3.23. The summed E-state index contributed by atoms with van der Waals surface area (Å²) >= 11 is 0. The van der Waals surface area contributed by atoms with Gasteiger partial charge in [0.25, 0.3) is 10.1 Å². The molecule has 24 heavy (non-hydrogen) atoms. The van der Waals surface area contributed by atoms with Crippen molar-refractivity contribution in [2.24, 2.45) is 5.41 Å². The Labute approximate surface area is 145 Å². The number of hydrogen-bond acceptors (Lipinski definition) is 5. The van der Waals surface area contributed by atoms with Gasteiger partial charge in [0.1, 0.15) is 5.75 Å². The highest BCUT2D eigenvalue weighted by Gasteiger charge is 2.23. The van der Waals surface area contributed by atoms with E-state index in [-0.39, 0.29) is 10.6 Å². The molecule has 0 aliphatic heterocycles. The van der Waals surface area contributed by atoms with E-state index in [0.29, 0.717) is 0 Å². The van der Waals surface area contributed by atoms with Crippen LogP contribution in [-0.4, -0.2) is 43.5 Å². The molecule has 0 aliphatic rings. The first-order valence-corrected chi connectivity index (χ1v) is 9.41. The minimum atomic E-state index is -4.22. The van der Waals surface area contributed by atoms with E-state index in [2.05, 4.69) is 25.7 Å². The lowest BCUT2D eigenvalue weighted by molar-refractivity contribution is -0.143. The summed E-state index contributed by atoms with van der Waals surface area (Å²) < 4.78 is 35.3. The van der Waals surface area contributed by atoms with Crippen molar-refractivity contribution in [2.75, 3.05) is 19.6 Å². The number of carbonyl (C=O) groups excluding carboxylic acids is 1. The molecule has 0 heterocycles. The number of esters is 1. The van der Waals surface area contributed by atoms with Gasteiger partial charge in [-0.2, -0.15) is 8.42 Å². The number of nitrogens with zero attached hydrogens (tertiary/aromatic N) is 1. The molecular formula is C17H29NO5S. The molecule has 6 nitrogen and oxygen atoms in total. The van der Waals surface area contributed by atoms with Crippen molar-refractivity contribution < 1.29 is 22.5 Å². The molecule has 0 radical (unpaired) electrons. The van der Waals surface area contributed by atoms with Gasteiger partial charge >= 0.3 is 5.97 Å². The lowest BCUT2D eigenvalue weighted by Crippen LogP contribution is -2.25. The van der Waals surface area contributed by atoms with Crippen molar-refractivity contribution in [1.82, 2.24) is 4.90 Å². The topological polar surface area (TPSA) is 83.9 Å². The number of hydrogen-bond donors (Lipinski definition) is 1. The standard InChI is InChI=1S/C11H14O5S.C6H15N/c1-11(2,3)10(12)16-8-4-6-9(7-5-8)17(13,14)15;1-4-7(5-2)6-3/h4-7H,1-3H3,(H,13,14,15);4-6H2,1-3H3. The number of rotatable bonds is 5. The first-order chi connectivity index (χ1) is 11.0. The Kier molecular flexibility index (Phi) is 9.17. The van der Waals surface area contributed by atoms with Gasteiger partial charge in [-0.25, -0.2) is 0 Å². The minimum absolute atomic E-state index is 0.234. The summed E-state index contributed by atoms with van der Waals surface area (Å²) in [5, 5.41) is 0. The van der Waals surface area contributed by atoms with Gasteiger partial charge in [0.2, 0.25) is 0 Å². The van der Waals surface area contributed by atoms with Crippen LogP contribution in [0.2, 0.25) is 0 Å². The van der Waals surface area contributed by atoms with Gasteiger partial charge < -0.3 is 9.64 Å². The SMILES string of the molecule is CC(C)(C)C(=O)Oc1ccc(S(=O)(=O)O)cc1.CCN(CC)CC. The maximum absolute atomic E-state index is 11.5. The molecule has 0 saturated carbocycles. The average molecular weight is 359 g/mol. The lowest BCUT2D eigenvalue weighted by atomic mass is 9.97. The second kappa shape index (κ2) is 9.76. The molecule has 1 rings (SSSR count). The highest BCUT2D eigenvalue weighted by Crippen LogP contribution is 2.20. The molecule has 1 N–H and O–H groups in total. The van der Waals surface area contributed by atoms with E-state index < -0.39 is 21.5 Å². The maximum atomic E-state index is 11.5. The van der Waals surface area contributed by atoms with Gasteiger partial charge in [0, 0.05) is 0 Å². The molecule has 0 saturated heterocycles. The molecule has 0 amide bonds. The molecule has 1 aromatic rings. The van der Waals surface area contributed by atoms with E-state index >= 15 is 0 Å². The molecule has 0 spiro atoms. The number of carbonyl (C=O) groups is 1. The third-order valence-electron chi connectivity index (χ3n) is 3.29. The lowest BCUT2D eigenvalue weighted by Gasteiger charge is -2.16. The summed E-state index contributed by atoms with van der Waals surface area (Å²) in [6, 6.07) is 4.96. The molecule has 0 aromatic heterocycles. The van der Waals surface area contributed by atoms with E-state index in [1.54, 1.807) is 20.8 Å². The Hall–Kier alpha value is -1.44. The Balaban J connectivity index is 0.000000640. The highest BCUT2D eigenvalue weighted by molar-refractivity contribution is 7.85. The zero-order chi connectivity index (χ0) is 19.0. The van der Waals surface area contributed by atoms with Crippen LogP contribution in [0.3, 0.4) is 0 Å². The van der Waals surface area contributed by atoms with Gasteiger partial charge in [0.15, 0.2) is 0 Å². The molecule has 0 bridgehead atoms. The van der Waals surface area contributed by atoms with Crippen LogP contribution in [0.5, 0.6) is 5.75 Å². The summed E-state index contributed by atoms with van der Waals surface area (Å²) in [7, 11) is -4.22. The van der Waals surface area contributed by atoms with Crippen LogP contribution in [0.1, 0.15) is 41.5 Å². The zero-order valence-corrected chi connectivity index (χ0v) is 16.2. The van der Waals surface area contributed by atoms with Crippen LogP contribution in [0, 0.1) is 5.41 Å². The van der Waals surface area contributed by atoms with Crippen LogP contribution in [0.4, 0.5) is 0 Å². The fraction of sp³-hybridized carbons (Fsp3) is 0.588. The molecule has 7 heteroatoms. The molecule has 1 aromatic carbocycles. The van der Waals surface area contributed by atoms with Crippen LogP contribution in [0.25, 0.3) is 0 Å². The van der Waals surface area contributed by atoms with Crippen molar-refractivity contribution in [3.8, 4) is 5.75 Å². The highest BCUT2D eigenvalue weighted by atomic mass is 32.2. The van der Waals surface area contributed by atoms with Crippen molar-refractivity contribution >= 4 is 16.1 Å². The fourth-order valence-electron chi connectivity index (χ4n) is 1.61. The number of benzene rings is 1. The summed E-state index contributed by atoms with van der Waals surface area (Å²) in [6.07, 6.45) is 0. The van der Waals surface area contributed by atoms with Crippen molar-refractivity contribution in [3.63, 3.8) is 0 Å². The Morgan fingerprint density at radius 2 is 1.46 bits per heavy atom. The van der Waals surface area contributed by atoms with Gasteiger partial charge in [-0.15, -0.1) is 0 Å². The summed E-state index contributed by atoms with van der Waals surface area (Å²) in [4.78, 5) is 13.7. The third-order valence-corrected chi connectivity index (χ3v) is 4.15. The average Bonchev–Trinajstić information content (AvgIpc) is 2.48. The molecular weight excluding hydrogens is 330 g/mol. The van der Waals surface area contributed by atoms with E-state index in [1.807, 2.05) is 0 Å². The maximum Gasteiger partial charge on any atom is 0.316 e. The van der Waals surface area contributed by atoms with Crippen molar-refractivity contribution in [3.05, 3.63) is 24.3 Å². The van der Waals surface area contributed by atoms with Crippen LogP contribution in [-0.2, 0) is 14.9 Å². The fourth-order valence-corrected chi connectivity index (χ4v) is 2.09. The molecule has 0 fully saturated rings. The largest absolute Gasteiger partial charge is 0.426 e. The Morgan fingerprint density at radius 1 is 1.04 bits per heavy atom. The smallest absolute Gasteiger partial charge is 0.316 e. The molecule has 138 valence electrons. The minimum Gasteiger partial charge on any atom is -0.426 e. The van der Waals surface area contributed by atoms with Gasteiger partial charge in [-0.05, 0) is 64.7 Å². The third kappa shape index (κ3) is 8.42. The Morgan fingerprint density at radius 3 is 1.71 bits per heavy atom. The van der Waals surface area contributed by atoms with Gasteiger partial charge in [0.05, 0.1) is 10.3 Å². The summed E-state index contributed by atoms with van der Waals surface area (Å²) in [6.45, 7) is 15.3. The zero-order valence-electron chi connectivity index (χ0n) is 15.4. The summed E-state index contributed by atoms with van der Waals surface area (Å²) in [5.41, 5.74) is -0.637. The van der Waals surface area contributed by atoms with E-state index in [0.717, 1.165) is 0 Å². The Bertz CT molecular complexity index is 593. The van der Waals surface area contributed by atoms with Crippen LogP contribution < -0.4 is 4.74 Å². The van der Waals surface area contributed by atoms with E-state index in [4.69, 9.17) is 9.29 Å². The van der Waals surface area contributed by atoms with E-state index in [9.17, 15) is 13.2 Å². The first kappa shape index (κ1) is 22.6. The van der Waals surface area contributed by atoms with E-state index in [1.165, 1.54) is 43.9 Å². The monoisotopic (exact) mass is 359 g/mol. The van der Waals surface area contributed by atoms with Crippen LogP contribution in [0.15, 0.2) is 29.2 Å². The normalized spacial score (nSPS) is 11.7. The van der Waals surface area contributed by atoms with Crippen molar-refractivity contribution in [1.29, 1.82) is 0 Å². The predicted molar refractivity (Wildman–Crippen MR) is 94.8 cm³/mol. The molecule has 0 atom stereocenters. The first-order valence-electron chi connectivity index (χ1n) is 7.97.